The van der Waals surface area contributed by atoms with Crippen molar-refractivity contribution in [3.05, 3.63) is 59.7 Å². The molecule has 7 nitrogen and oxygen atoms in total. The first-order valence-corrected chi connectivity index (χ1v) is 10.1. The maximum absolute atomic E-state index is 13.0. The predicted molar refractivity (Wildman–Crippen MR) is 113 cm³/mol. The minimum atomic E-state index is -2.84. The van der Waals surface area contributed by atoms with Gasteiger partial charge in [-0.15, -0.1) is 0 Å². The van der Waals surface area contributed by atoms with Crippen LogP contribution in [0.1, 0.15) is 29.9 Å². The Kier molecular flexibility index (Phi) is 7.40. The predicted octanol–water partition coefficient (Wildman–Crippen LogP) is 3.48. The highest BCUT2D eigenvalue weighted by molar-refractivity contribution is 5.86. The molecule has 3 rings (SSSR count). The number of nitrogens with one attached hydrogen (secondary N) is 1. The molecule has 32 heavy (non-hydrogen) atoms. The summed E-state index contributed by atoms with van der Waals surface area (Å²) in [5.74, 6) is -2.14. The van der Waals surface area contributed by atoms with E-state index in [-0.39, 0.29) is 25.5 Å². The van der Waals surface area contributed by atoms with Gasteiger partial charge in [-0.2, -0.15) is 0 Å². The van der Waals surface area contributed by atoms with Gasteiger partial charge in [0.05, 0.1) is 6.42 Å². The zero-order valence-corrected chi connectivity index (χ0v) is 17.5. The number of alkyl halides is 2. The Morgan fingerprint density at radius 1 is 1.06 bits per heavy atom. The number of carbonyl (C=O) groups is 3. The highest BCUT2D eigenvalue weighted by Crippen LogP contribution is 2.44. The molecule has 0 bridgehead atoms. The summed E-state index contributed by atoms with van der Waals surface area (Å²) in [5, 5.41) is 10.9. The monoisotopic (exact) mass is 446 g/mol. The normalized spacial score (nSPS) is 13.2. The van der Waals surface area contributed by atoms with Gasteiger partial charge in [-0.05, 0) is 22.3 Å². The molecule has 1 atom stereocenters. The summed E-state index contributed by atoms with van der Waals surface area (Å²) in [6, 6.07) is 14.0. The zero-order chi connectivity index (χ0) is 23.3. The van der Waals surface area contributed by atoms with Crippen LogP contribution in [0.25, 0.3) is 11.1 Å². The number of rotatable bonds is 9. The van der Waals surface area contributed by atoms with E-state index in [2.05, 4.69) is 5.32 Å². The highest BCUT2D eigenvalue weighted by atomic mass is 19.3. The van der Waals surface area contributed by atoms with E-state index in [9.17, 15) is 23.2 Å². The molecule has 0 saturated carbocycles. The van der Waals surface area contributed by atoms with Gasteiger partial charge in [0, 0.05) is 25.9 Å². The van der Waals surface area contributed by atoms with Gasteiger partial charge in [0.2, 0.25) is 12.3 Å². The lowest BCUT2D eigenvalue weighted by atomic mass is 9.98. The molecule has 0 radical (unpaired) electrons. The van der Waals surface area contributed by atoms with Crippen LogP contribution in [-0.2, 0) is 14.3 Å². The zero-order valence-electron chi connectivity index (χ0n) is 17.5. The second-order valence-electron chi connectivity index (χ2n) is 7.55. The number of carbonyl (C=O) groups excluding carboxylic acids is 2. The van der Waals surface area contributed by atoms with Crippen LogP contribution in [-0.4, -0.2) is 60.6 Å². The van der Waals surface area contributed by atoms with E-state index in [0.29, 0.717) is 0 Å². The van der Waals surface area contributed by atoms with E-state index in [1.807, 2.05) is 48.5 Å². The van der Waals surface area contributed by atoms with Crippen LogP contribution in [0.15, 0.2) is 48.5 Å². The smallest absolute Gasteiger partial charge is 0.407 e. The van der Waals surface area contributed by atoms with Crippen LogP contribution in [0.2, 0.25) is 0 Å². The van der Waals surface area contributed by atoms with Gasteiger partial charge >= 0.3 is 12.1 Å². The van der Waals surface area contributed by atoms with Crippen LogP contribution >= 0.6 is 0 Å². The number of fused-ring (bicyclic) bond motifs is 3. The van der Waals surface area contributed by atoms with Crippen LogP contribution in [0.4, 0.5) is 13.6 Å². The second-order valence-corrected chi connectivity index (χ2v) is 7.55. The second kappa shape index (κ2) is 10.2. The number of aliphatic carboxylic acids is 1. The fraction of sp³-hybridized carbons (Fsp3) is 0.348. The summed E-state index contributed by atoms with van der Waals surface area (Å²) in [5.41, 5.74) is 4.08. The molecule has 2 amide bonds. The van der Waals surface area contributed by atoms with Gasteiger partial charge < -0.3 is 20.1 Å². The minimum Gasteiger partial charge on any atom is -0.481 e. The maximum atomic E-state index is 13.0. The SMILES string of the molecule is CN(CCC(=O)O)C(=O)C(CC(F)F)NC(=O)OCC1c2ccccc2-c2ccccc21. The van der Waals surface area contributed by atoms with Gasteiger partial charge in [-0.25, -0.2) is 13.6 Å². The third kappa shape index (κ3) is 5.40. The lowest BCUT2D eigenvalue weighted by Crippen LogP contribution is -2.49. The Labute approximate surface area is 184 Å². The molecule has 0 aromatic heterocycles. The Bertz CT molecular complexity index is 952. The van der Waals surface area contributed by atoms with Crippen LogP contribution in [0.3, 0.4) is 0 Å². The third-order valence-corrected chi connectivity index (χ3v) is 5.39. The van der Waals surface area contributed by atoms with Gasteiger partial charge in [-0.1, -0.05) is 48.5 Å². The van der Waals surface area contributed by atoms with E-state index >= 15 is 0 Å². The summed E-state index contributed by atoms with van der Waals surface area (Å²) in [6.45, 7) is -0.190. The van der Waals surface area contributed by atoms with Crippen molar-refractivity contribution in [2.75, 3.05) is 20.2 Å². The summed E-state index contributed by atoms with van der Waals surface area (Å²) < 4.78 is 31.3. The van der Waals surface area contributed by atoms with Crippen molar-refractivity contribution < 1.29 is 33.0 Å². The fourth-order valence-electron chi connectivity index (χ4n) is 3.82. The number of benzene rings is 2. The molecule has 0 aliphatic heterocycles. The highest BCUT2D eigenvalue weighted by Gasteiger charge is 2.31. The topological polar surface area (TPSA) is 95.9 Å². The minimum absolute atomic E-state index is 0.0235. The molecular formula is C23H24F2N2O5. The Morgan fingerprint density at radius 2 is 1.62 bits per heavy atom. The Morgan fingerprint density at radius 3 is 2.16 bits per heavy atom. The van der Waals surface area contributed by atoms with Gasteiger partial charge in [0.1, 0.15) is 12.6 Å². The maximum Gasteiger partial charge on any atom is 0.407 e. The van der Waals surface area contributed by atoms with Crippen molar-refractivity contribution in [2.24, 2.45) is 0 Å². The van der Waals surface area contributed by atoms with E-state index in [0.717, 1.165) is 27.2 Å². The summed E-state index contributed by atoms with van der Waals surface area (Å²) in [6.07, 6.45) is -5.07. The first kappa shape index (κ1) is 23.2. The lowest BCUT2D eigenvalue weighted by molar-refractivity contribution is -0.138. The van der Waals surface area contributed by atoms with Crippen LogP contribution in [0.5, 0.6) is 0 Å². The van der Waals surface area contributed by atoms with Crippen LogP contribution < -0.4 is 5.32 Å². The molecule has 0 fully saturated rings. The number of carboxylic acid groups (broad SMARTS) is 1. The molecule has 170 valence electrons. The van der Waals surface area contributed by atoms with E-state index in [1.165, 1.54) is 7.05 Å². The number of hydrogen-bond donors (Lipinski definition) is 2. The summed E-state index contributed by atoms with van der Waals surface area (Å²) in [7, 11) is 1.29. The summed E-state index contributed by atoms with van der Waals surface area (Å²) >= 11 is 0. The first-order chi connectivity index (χ1) is 15.3. The molecule has 1 unspecified atom stereocenters. The standard InChI is InChI=1S/C23H24F2N2O5/c1-27(11-10-21(28)29)22(30)19(12-20(24)25)26-23(31)32-13-18-16-8-4-2-6-14(16)15-7-3-5-9-17(15)18/h2-9,18-20H,10-13H2,1H3,(H,26,31)(H,28,29). The number of amides is 2. The molecular weight excluding hydrogens is 422 g/mol. The van der Waals surface area contributed by atoms with Crippen molar-refractivity contribution in [1.29, 1.82) is 0 Å². The summed E-state index contributed by atoms with van der Waals surface area (Å²) in [4.78, 5) is 36.5. The molecule has 9 heteroatoms. The van der Waals surface area contributed by atoms with E-state index in [4.69, 9.17) is 9.84 Å². The Hall–Kier alpha value is -3.49. The molecule has 1 aliphatic carbocycles. The van der Waals surface area contributed by atoms with Gasteiger partial charge in [-0.3, -0.25) is 9.59 Å². The Balaban J connectivity index is 1.65. The average molecular weight is 446 g/mol. The number of ether oxygens (including phenoxy) is 1. The van der Waals surface area contributed by atoms with Crippen molar-refractivity contribution in [3.63, 3.8) is 0 Å². The van der Waals surface area contributed by atoms with Crippen molar-refractivity contribution in [2.45, 2.75) is 31.2 Å². The van der Waals surface area contributed by atoms with Crippen LogP contribution in [0, 0.1) is 0 Å². The number of alkyl carbamates (subject to hydrolysis) is 1. The van der Waals surface area contributed by atoms with Gasteiger partial charge in [0.25, 0.3) is 0 Å². The largest absolute Gasteiger partial charge is 0.481 e. The molecule has 0 heterocycles. The number of hydrogen-bond acceptors (Lipinski definition) is 4. The van der Waals surface area contributed by atoms with E-state index < -0.39 is 36.9 Å². The molecule has 2 aromatic rings. The average Bonchev–Trinajstić information content (AvgIpc) is 3.08. The molecule has 2 N–H and O–H groups in total. The van der Waals surface area contributed by atoms with Crippen molar-refractivity contribution in [1.82, 2.24) is 10.2 Å². The van der Waals surface area contributed by atoms with E-state index in [1.54, 1.807) is 0 Å². The number of likely N-dealkylation sites (N-methyl/N-ethyl adjacent to an activating group) is 1. The third-order valence-electron chi connectivity index (χ3n) is 5.39. The molecule has 0 saturated heterocycles. The number of halogens is 2. The number of carboxylic acids is 1. The molecule has 0 spiro atoms. The molecule has 2 aromatic carbocycles. The quantitative estimate of drug-likeness (QED) is 0.615. The first-order valence-electron chi connectivity index (χ1n) is 10.1. The lowest BCUT2D eigenvalue weighted by Gasteiger charge is -2.24. The molecule has 1 aliphatic rings. The van der Waals surface area contributed by atoms with Crippen molar-refractivity contribution in [3.8, 4) is 11.1 Å². The van der Waals surface area contributed by atoms with Gasteiger partial charge in [0.15, 0.2) is 0 Å². The number of nitrogens with zero attached hydrogens (tertiary/aromatic N) is 1. The fourth-order valence-corrected chi connectivity index (χ4v) is 3.82. The van der Waals surface area contributed by atoms with Crippen molar-refractivity contribution >= 4 is 18.0 Å².